The number of aromatic amines is 1. The van der Waals surface area contributed by atoms with Gasteiger partial charge in [-0.2, -0.15) is 0 Å². The van der Waals surface area contributed by atoms with Crippen LogP contribution in [0.15, 0.2) is 11.5 Å². The second kappa shape index (κ2) is 5.15. The molecule has 1 rings (SSSR count). The lowest BCUT2D eigenvalue weighted by Gasteiger charge is -1.96. The fourth-order valence-corrected chi connectivity index (χ4v) is 1.23. The SMILES string of the molecule is CCOCCSc1nc[nH]n1. The number of thioether (sulfide) groups is 1. The third kappa shape index (κ3) is 3.38. The third-order valence-corrected chi connectivity index (χ3v) is 1.88. The number of rotatable bonds is 5. The highest BCUT2D eigenvalue weighted by Crippen LogP contribution is 2.09. The molecule has 0 spiro atoms. The van der Waals surface area contributed by atoms with Crippen LogP contribution in [0.2, 0.25) is 0 Å². The van der Waals surface area contributed by atoms with Gasteiger partial charge in [-0.1, -0.05) is 11.8 Å². The second-order valence-corrected chi connectivity index (χ2v) is 2.89. The first-order valence-electron chi connectivity index (χ1n) is 3.49. The summed E-state index contributed by atoms with van der Waals surface area (Å²) in [5, 5.41) is 7.32. The second-order valence-electron chi connectivity index (χ2n) is 1.83. The van der Waals surface area contributed by atoms with Gasteiger partial charge in [-0.25, -0.2) is 4.98 Å². The fraction of sp³-hybridized carbons (Fsp3) is 0.667. The number of hydrogen-bond donors (Lipinski definition) is 1. The average Bonchev–Trinajstić information content (AvgIpc) is 2.50. The van der Waals surface area contributed by atoms with Crippen molar-refractivity contribution in [3.8, 4) is 0 Å². The minimum absolute atomic E-state index is 0.760. The Labute approximate surface area is 69.7 Å². The van der Waals surface area contributed by atoms with Gasteiger partial charge in [0.15, 0.2) is 0 Å². The molecule has 0 atom stereocenters. The normalized spacial score (nSPS) is 10.3. The molecule has 11 heavy (non-hydrogen) atoms. The molecule has 1 N–H and O–H groups in total. The van der Waals surface area contributed by atoms with Crippen molar-refractivity contribution >= 4 is 11.8 Å². The Hall–Kier alpha value is -0.550. The van der Waals surface area contributed by atoms with E-state index in [4.69, 9.17) is 4.74 Å². The van der Waals surface area contributed by atoms with Gasteiger partial charge in [0.1, 0.15) is 6.33 Å². The Bertz CT molecular complexity index is 178. The molecule has 0 bridgehead atoms. The first-order chi connectivity index (χ1) is 5.43. The summed E-state index contributed by atoms with van der Waals surface area (Å²) in [7, 11) is 0. The number of H-pyrrole nitrogens is 1. The maximum Gasteiger partial charge on any atom is 0.208 e. The highest BCUT2D eigenvalue weighted by molar-refractivity contribution is 7.99. The average molecular weight is 173 g/mol. The minimum Gasteiger partial charge on any atom is -0.381 e. The van der Waals surface area contributed by atoms with Crippen molar-refractivity contribution < 1.29 is 4.74 Å². The van der Waals surface area contributed by atoms with Crippen molar-refractivity contribution in [1.29, 1.82) is 0 Å². The third-order valence-electron chi connectivity index (χ3n) is 1.06. The molecule has 0 saturated carbocycles. The summed E-state index contributed by atoms with van der Waals surface area (Å²) in [5.41, 5.74) is 0. The summed E-state index contributed by atoms with van der Waals surface area (Å²) < 4.78 is 5.15. The van der Waals surface area contributed by atoms with E-state index >= 15 is 0 Å². The predicted octanol–water partition coefficient (Wildman–Crippen LogP) is 0.933. The molecule has 62 valence electrons. The van der Waals surface area contributed by atoms with E-state index in [1.54, 1.807) is 18.1 Å². The number of ether oxygens (including phenoxy) is 1. The van der Waals surface area contributed by atoms with Crippen LogP contribution in [0, 0.1) is 0 Å². The molecule has 4 nitrogen and oxygen atoms in total. The highest BCUT2D eigenvalue weighted by atomic mass is 32.2. The molecule has 1 aromatic rings. The first kappa shape index (κ1) is 8.55. The lowest BCUT2D eigenvalue weighted by atomic mass is 10.8. The van der Waals surface area contributed by atoms with E-state index in [9.17, 15) is 0 Å². The molecule has 0 fully saturated rings. The van der Waals surface area contributed by atoms with Gasteiger partial charge in [0.2, 0.25) is 5.16 Å². The van der Waals surface area contributed by atoms with Gasteiger partial charge < -0.3 is 4.74 Å². The number of aromatic nitrogens is 3. The van der Waals surface area contributed by atoms with Crippen LogP contribution in [0.1, 0.15) is 6.92 Å². The van der Waals surface area contributed by atoms with Crippen LogP contribution < -0.4 is 0 Å². The largest absolute Gasteiger partial charge is 0.381 e. The van der Waals surface area contributed by atoms with Gasteiger partial charge in [0, 0.05) is 12.4 Å². The van der Waals surface area contributed by atoms with Crippen molar-refractivity contribution in [2.45, 2.75) is 12.1 Å². The zero-order valence-corrected chi connectivity index (χ0v) is 7.23. The summed E-state index contributed by atoms with van der Waals surface area (Å²) in [6.45, 7) is 3.52. The van der Waals surface area contributed by atoms with Gasteiger partial charge in [0.25, 0.3) is 0 Å². The molecule has 0 saturated heterocycles. The molecule has 0 amide bonds. The molecule has 0 aliphatic rings. The monoisotopic (exact) mass is 173 g/mol. The first-order valence-corrected chi connectivity index (χ1v) is 4.48. The summed E-state index contributed by atoms with van der Waals surface area (Å²) in [6.07, 6.45) is 1.57. The highest BCUT2D eigenvalue weighted by Gasteiger charge is 1.95. The van der Waals surface area contributed by atoms with Gasteiger partial charge in [0.05, 0.1) is 6.61 Å². The molecule has 5 heteroatoms. The van der Waals surface area contributed by atoms with E-state index in [1.165, 1.54) is 0 Å². The van der Waals surface area contributed by atoms with E-state index in [0.29, 0.717) is 0 Å². The van der Waals surface area contributed by atoms with Crippen molar-refractivity contribution in [1.82, 2.24) is 15.2 Å². The Balaban J connectivity index is 2.04. The molecular weight excluding hydrogens is 162 g/mol. The predicted molar refractivity (Wildman–Crippen MR) is 43.6 cm³/mol. The Morgan fingerprint density at radius 2 is 2.64 bits per heavy atom. The van der Waals surface area contributed by atoms with Crippen molar-refractivity contribution in [3.63, 3.8) is 0 Å². The molecule has 0 radical (unpaired) electrons. The van der Waals surface area contributed by atoms with Gasteiger partial charge in [-0.15, -0.1) is 5.10 Å². The van der Waals surface area contributed by atoms with Crippen LogP contribution in [0.25, 0.3) is 0 Å². The minimum atomic E-state index is 0.760. The van der Waals surface area contributed by atoms with Crippen molar-refractivity contribution in [3.05, 3.63) is 6.33 Å². The van der Waals surface area contributed by atoms with Crippen molar-refractivity contribution in [2.24, 2.45) is 0 Å². The molecule has 0 unspecified atom stereocenters. The number of nitrogens with zero attached hydrogens (tertiary/aromatic N) is 2. The van der Waals surface area contributed by atoms with Crippen LogP contribution >= 0.6 is 11.8 Å². The molecule has 1 aromatic heterocycles. The molecular formula is C6H11N3OS. The quantitative estimate of drug-likeness (QED) is 0.531. The summed E-state index contributed by atoms with van der Waals surface area (Å²) >= 11 is 1.59. The van der Waals surface area contributed by atoms with Crippen LogP contribution in [0.3, 0.4) is 0 Å². The van der Waals surface area contributed by atoms with Crippen LogP contribution in [0.5, 0.6) is 0 Å². The fourth-order valence-electron chi connectivity index (χ4n) is 0.603. The van der Waals surface area contributed by atoms with Gasteiger partial charge >= 0.3 is 0 Å². The molecule has 0 aromatic carbocycles. The van der Waals surface area contributed by atoms with Crippen LogP contribution in [-0.4, -0.2) is 34.1 Å². The smallest absolute Gasteiger partial charge is 0.208 e. The topological polar surface area (TPSA) is 50.8 Å². The summed E-state index contributed by atoms with van der Waals surface area (Å²) in [4.78, 5) is 3.95. The number of nitrogens with one attached hydrogen (secondary N) is 1. The molecule has 1 heterocycles. The van der Waals surface area contributed by atoms with Crippen LogP contribution in [-0.2, 0) is 4.74 Å². The van der Waals surface area contributed by atoms with E-state index < -0.39 is 0 Å². The number of hydrogen-bond acceptors (Lipinski definition) is 4. The Morgan fingerprint density at radius 3 is 3.27 bits per heavy atom. The lowest BCUT2D eigenvalue weighted by molar-refractivity contribution is 0.164. The summed E-state index contributed by atoms with van der Waals surface area (Å²) in [6, 6.07) is 0. The van der Waals surface area contributed by atoms with Gasteiger partial charge in [-0.3, -0.25) is 5.10 Å². The summed E-state index contributed by atoms with van der Waals surface area (Å²) in [5.74, 6) is 0.908. The Morgan fingerprint density at radius 1 is 1.73 bits per heavy atom. The molecule has 0 aliphatic heterocycles. The maximum atomic E-state index is 5.15. The maximum absolute atomic E-state index is 5.15. The van der Waals surface area contributed by atoms with E-state index in [0.717, 1.165) is 24.1 Å². The molecule has 0 aliphatic carbocycles. The van der Waals surface area contributed by atoms with E-state index in [2.05, 4.69) is 15.2 Å². The Kier molecular flexibility index (Phi) is 4.00. The zero-order valence-electron chi connectivity index (χ0n) is 6.41. The van der Waals surface area contributed by atoms with Crippen LogP contribution in [0.4, 0.5) is 0 Å². The zero-order chi connectivity index (χ0) is 7.94. The van der Waals surface area contributed by atoms with Crippen molar-refractivity contribution in [2.75, 3.05) is 19.0 Å². The van der Waals surface area contributed by atoms with Gasteiger partial charge in [-0.05, 0) is 6.92 Å². The lowest BCUT2D eigenvalue weighted by Crippen LogP contribution is -1.95. The van der Waals surface area contributed by atoms with E-state index in [1.807, 2.05) is 6.92 Å². The standard InChI is InChI=1S/C6H11N3OS/c1-2-10-3-4-11-6-7-5-8-9-6/h5H,2-4H2,1H3,(H,7,8,9). The van der Waals surface area contributed by atoms with E-state index in [-0.39, 0.29) is 0 Å².